The highest BCUT2D eigenvalue weighted by Crippen LogP contribution is 2.13. The van der Waals surface area contributed by atoms with Crippen LogP contribution in [0.4, 0.5) is 0 Å². The normalized spacial score (nSPS) is 10.3. The predicted molar refractivity (Wildman–Crippen MR) is 81.4 cm³/mol. The van der Waals surface area contributed by atoms with Gasteiger partial charge < -0.3 is 15.2 Å². The molecule has 2 N–H and O–H groups in total. The average molecular weight is 285 g/mol. The first-order chi connectivity index (χ1) is 10.3. The Balaban J connectivity index is 1.72. The van der Waals surface area contributed by atoms with Crippen molar-refractivity contribution in [2.75, 3.05) is 19.8 Å². The lowest BCUT2D eigenvalue weighted by Gasteiger charge is -2.08. The molecule has 0 unspecified atom stereocenters. The van der Waals surface area contributed by atoms with Gasteiger partial charge in [0.2, 0.25) is 0 Å². The highest BCUT2D eigenvalue weighted by molar-refractivity contribution is 5.97. The van der Waals surface area contributed by atoms with Crippen LogP contribution in [-0.4, -0.2) is 25.5 Å². The predicted octanol–water partition coefficient (Wildman–Crippen LogP) is 2.42. The second-order valence-corrected chi connectivity index (χ2v) is 4.54. The van der Waals surface area contributed by atoms with Crippen LogP contribution in [0.1, 0.15) is 15.9 Å². The van der Waals surface area contributed by atoms with E-state index in [4.69, 9.17) is 15.2 Å². The molecule has 0 saturated carbocycles. The number of Topliss-reactive ketones (excluding diaryl/α,β-unsaturated/α-hetero) is 1. The molecule has 0 fully saturated rings. The maximum atomic E-state index is 11.5. The quantitative estimate of drug-likeness (QED) is 0.597. The first kappa shape index (κ1) is 15.2. The van der Waals surface area contributed by atoms with Gasteiger partial charge >= 0.3 is 0 Å². The van der Waals surface area contributed by atoms with E-state index >= 15 is 0 Å². The second kappa shape index (κ2) is 8.19. The number of hydrogen-bond donors (Lipinski definition) is 1. The summed E-state index contributed by atoms with van der Waals surface area (Å²) in [6.45, 7) is 1.50. The van der Waals surface area contributed by atoms with Gasteiger partial charge in [0.15, 0.2) is 5.78 Å². The number of ketones is 1. The summed E-state index contributed by atoms with van der Waals surface area (Å²) in [6.07, 6.45) is 0. The number of nitrogens with two attached hydrogens (primary N) is 1. The lowest BCUT2D eigenvalue weighted by molar-refractivity contribution is 0.0888. The Morgan fingerprint density at radius 2 is 1.81 bits per heavy atom. The number of carbonyl (C=O) groups is 1. The Kier molecular flexibility index (Phi) is 5.94. The van der Waals surface area contributed by atoms with E-state index in [1.807, 2.05) is 36.4 Å². The van der Waals surface area contributed by atoms with Crippen LogP contribution in [0.5, 0.6) is 5.75 Å². The van der Waals surface area contributed by atoms with Crippen LogP contribution >= 0.6 is 0 Å². The molecule has 0 aliphatic heterocycles. The van der Waals surface area contributed by atoms with Gasteiger partial charge in [0.05, 0.1) is 19.8 Å². The van der Waals surface area contributed by atoms with Gasteiger partial charge in [-0.05, 0) is 17.7 Å². The summed E-state index contributed by atoms with van der Waals surface area (Å²) in [5.74, 6) is 0.554. The van der Waals surface area contributed by atoms with Gasteiger partial charge in [-0.3, -0.25) is 4.79 Å². The maximum Gasteiger partial charge on any atom is 0.176 e. The Morgan fingerprint density at radius 3 is 2.57 bits per heavy atom. The molecule has 2 rings (SSSR count). The smallest absolute Gasteiger partial charge is 0.176 e. The van der Waals surface area contributed by atoms with Crippen LogP contribution in [-0.2, 0) is 11.3 Å². The van der Waals surface area contributed by atoms with Crippen molar-refractivity contribution in [1.29, 1.82) is 0 Å². The Morgan fingerprint density at radius 1 is 1.00 bits per heavy atom. The SMILES string of the molecule is NCC(=O)c1cccc(OCCOCc2ccccc2)c1. The average Bonchev–Trinajstić information content (AvgIpc) is 2.55. The van der Waals surface area contributed by atoms with Gasteiger partial charge in [-0.2, -0.15) is 0 Å². The summed E-state index contributed by atoms with van der Waals surface area (Å²) in [7, 11) is 0. The number of hydrogen-bond acceptors (Lipinski definition) is 4. The summed E-state index contributed by atoms with van der Waals surface area (Å²) in [4.78, 5) is 11.5. The van der Waals surface area contributed by atoms with Crippen LogP contribution < -0.4 is 10.5 Å². The molecule has 0 atom stereocenters. The minimum Gasteiger partial charge on any atom is -0.491 e. The van der Waals surface area contributed by atoms with E-state index in [0.717, 1.165) is 5.56 Å². The van der Waals surface area contributed by atoms with Crippen molar-refractivity contribution >= 4 is 5.78 Å². The van der Waals surface area contributed by atoms with Gasteiger partial charge in [0.25, 0.3) is 0 Å². The molecule has 2 aromatic carbocycles. The Bertz CT molecular complexity index is 569. The molecule has 0 spiro atoms. The fraction of sp³-hybridized carbons (Fsp3) is 0.235. The summed E-state index contributed by atoms with van der Waals surface area (Å²) in [5.41, 5.74) is 7.04. The van der Waals surface area contributed by atoms with Crippen molar-refractivity contribution in [2.45, 2.75) is 6.61 Å². The lowest BCUT2D eigenvalue weighted by atomic mass is 10.1. The molecule has 4 heteroatoms. The van der Waals surface area contributed by atoms with Gasteiger partial charge in [0, 0.05) is 5.56 Å². The minimum atomic E-state index is -0.0965. The van der Waals surface area contributed by atoms with Crippen molar-refractivity contribution in [3.05, 3.63) is 65.7 Å². The molecule has 0 heterocycles. The number of carbonyl (C=O) groups excluding carboxylic acids is 1. The van der Waals surface area contributed by atoms with Gasteiger partial charge in [-0.1, -0.05) is 42.5 Å². The third-order valence-electron chi connectivity index (χ3n) is 2.95. The fourth-order valence-electron chi connectivity index (χ4n) is 1.86. The summed E-state index contributed by atoms with van der Waals surface area (Å²) in [6, 6.07) is 17.0. The van der Waals surface area contributed by atoms with Crippen molar-refractivity contribution < 1.29 is 14.3 Å². The van der Waals surface area contributed by atoms with E-state index in [2.05, 4.69) is 0 Å². The molecule has 4 nitrogen and oxygen atoms in total. The first-order valence-corrected chi connectivity index (χ1v) is 6.87. The Hall–Kier alpha value is -2.17. The molecule has 0 aromatic heterocycles. The van der Waals surface area contributed by atoms with Crippen LogP contribution in [0.25, 0.3) is 0 Å². The number of rotatable bonds is 8. The largest absolute Gasteiger partial charge is 0.491 e. The lowest BCUT2D eigenvalue weighted by Crippen LogP contribution is -2.13. The van der Waals surface area contributed by atoms with Crippen LogP contribution in [0.3, 0.4) is 0 Å². The molecule has 110 valence electrons. The highest BCUT2D eigenvalue weighted by atomic mass is 16.5. The molecule has 0 aliphatic rings. The number of ether oxygens (including phenoxy) is 2. The fourth-order valence-corrected chi connectivity index (χ4v) is 1.86. The molecule has 0 aliphatic carbocycles. The molecule has 0 bridgehead atoms. The van der Waals surface area contributed by atoms with Crippen molar-refractivity contribution in [1.82, 2.24) is 0 Å². The maximum absolute atomic E-state index is 11.5. The van der Waals surface area contributed by atoms with E-state index in [0.29, 0.717) is 31.1 Å². The zero-order valence-electron chi connectivity index (χ0n) is 11.8. The molecule has 21 heavy (non-hydrogen) atoms. The van der Waals surface area contributed by atoms with E-state index in [1.165, 1.54) is 0 Å². The molecule has 0 amide bonds. The van der Waals surface area contributed by atoms with Crippen molar-refractivity contribution in [3.8, 4) is 5.75 Å². The van der Waals surface area contributed by atoms with Crippen molar-refractivity contribution in [2.24, 2.45) is 5.73 Å². The van der Waals surface area contributed by atoms with E-state index in [9.17, 15) is 4.79 Å². The molecule has 0 saturated heterocycles. The first-order valence-electron chi connectivity index (χ1n) is 6.87. The highest BCUT2D eigenvalue weighted by Gasteiger charge is 2.04. The number of benzene rings is 2. The minimum absolute atomic E-state index is 0.00361. The van der Waals surface area contributed by atoms with Crippen LogP contribution in [0.2, 0.25) is 0 Å². The third-order valence-corrected chi connectivity index (χ3v) is 2.95. The van der Waals surface area contributed by atoms with Crippen LogP contribution in [0.15, 0.2) is 54.6 Å². The van der Waals surface area contributed by atoms with E-state index < -0.39 is 0 Å². The summed E-state index contributed by atoms with van der Waals surface area (Å²) in [5, 5.41) is 0. The van der Waals surface area contributed by atoms with Gasteiger partial charge in [-0.15, -0.1) is 0 Å². The summed E-state index contributed by atoms with van der Waals surface area (Å²) >= 11 is 0. The zero-order chi connectivity index (χ0) is 14.9. The summed E-state index contributed by atoms with van der Waals surface area (Å²) < 4.78 is 11.1. The molecular weight excluding hydrogens is 266 g/mol. The standard InChI is InChI=1S/C17H19NO3/c18-12-17(19)15-7-4-8-16(11-15)21-10-9-20-13-14-5-2-1-3-6-14/h1-8,11H,9-10,12-13,18H2. The van der Waals surface area contributed by atoms with Crippen LogP contribution in [0, 0.1) is 0 Å². The third kappa shape index (κ3) is 5.02. The second-order valence-electron chi connectivity index (χ2n) is 4.54. The topological polar surface area (TPSA) is 61.6 Å². The molecule has 0 radical (unpaired) electrons. The van der Waals surface area contributed by atoms with E-state index in [1.54, 1.807) is 18.2 Å². The molecular formula is C17H19NO3. The van der Waals surface area contributed by atoms with E-state index in [-0.39, 0.29) is 12.3 Å². The zero-order valence-corrected chi connectivity index (χ0v) is 11.8. The molecule has 2 aromatic rings. The van der Waals surface area contributed by atoms with Gasteiger partial charge in [0.1, 0.15) is 12.4 Å². The van der Waals surface area contributed by atoms with Crippen molar-refractivity contribution in [3.63, 3.8) is 0 Å². The monoisotopic (exact) mass is 285 g/mol. The van der Waals surface area contributed by atoms with Gasteiger partial charge in [-0.25, -0.2) is 0 Å². The Labute approximate surface area is 124 Å².